The van der Waals surface area contributed by atoms with E-state index < -0.39 is 0 Å². The Morgan fingerprint density at radius 3 is 2.28 bits per heavy atom. The molecule has 0 saturated carbocycles. The van der Waals surface area contributed by atoms with E-state index in [0.717, 1.165) is 69.7 Å². The minimum Gasteiger partial charge on any atom is -0.497 e. The molecule has 5 unspecified atom stereocenters. The molecule has 0 aliphatic heterocycles. The first-order chi connectivity index (χ1) is 21.9. The molecule has 0 rings (SSSR count). The number of hydrogen-bond acceptors (Lipinski definition) is 3. The van der Waals surface area contributed by atoms with Crippen LogP contribution in [0, 0.1) is 29.1 Å². The van der Waals surface area contributed by atoms with Gasteiger partial charge in [-0.3, -0.25) is 0 Å². The molecule has 0 aliphatic rings. The van der Waals surface area contributed by atoms with Crippen LogP contribution in [0.1, 0.15) is 146 Å². The lowest BCUT2D eigenvalue weighted by atomic mass is 9.82. The molecule has 0 aromatic carbocycles. The monoisotopic (exact) mass is 642 g/mol. The Hall–Kier alpha value is -1.58. The molecule has 3 heteroatoms. The molecule has 6 atom stereocenters. The quantitative estimate of drug-likeness (QED) is 0.0461. The zero-order valence-corrected chi connectivity index (χ0v) is 32.8. The normalized spacial score (nSPS) is 17.5. The largest absolute Gasteiger partial charge is 0.497 e. The first-order valence-electron chi connectivity index (χ1n) is 19.0. The summed E-state index contributed by atoms with van der Waals surface area (Å²) in [4.78, 5) is 2.58. The Morgan fingerprint density at radius 2 is 1.70 bits per heavy atom. The first-order valence-corrected chi connectivity index (χ1v) is 19.0. The molecule has 0 bridgehead atoms. The molecule has 0 spiro atoms. The lowest BCUT2D eigenvalue weighted by molar-refractivity contribution is 0.0383. The van der Waals surface area contributed by atoms with Crippen LogP contribution in [0.2, 0.25) is 0 Å². The summed E-state index contributed by atoms with van der Waals surface area (Å²) in [5.41, 5.74) is 2.94. The first kappa shape index (κ1) is 44.4. The summed E-state index contributed by atoms with van der Waals surface area (Å²) < 4.78 is 12.5. The van der Waals surface area contributed by atoms with Gasteiger partial charge in [0.1, 0.15) is 0 Å². The smallest absolute Gasteiger partial charge is 0.0997 e. The number of ether oxygens (including phenoxy) is 2. The highest BCUT2D eigenvalue weighted by Gasteiger charge is 2.29. The number of methoxy groups -OCH3 is 1. The van der Waals surface area contributed by atoms with Crippen molar-refractivity contribution in [2.45, 2.75) is 152 Å². The molecular weight excluding hydrogens is 562 g/mol. The predicted octanol–water partition coefficient (Wildman–Crippen LogP) is 12.8. The molecule has 0 saturated heterocycles. The zero-order valence-electron chi connectivity index (χ0n) is 32.8. The van der Waals surface area contributed by atoms with Gasteiger partial charge in [0.05, 0.1) is 18.5 Å². The van der Waals surface area contributed by atoms with E-state index in [9.17, 15) is 0 Å². The van der Waals surface area contributed by atoms with E-state index in [4.69, 9.17) is 9.47 Å². The van der Waals surface area contributed by atoms with Crippen LogP contribution in [-0.2, 0) is 9.47 Å². The Morgan fingerprint density at radius 1 is 0.978 bits per heavy atom. The van der Waals surface area contributed by atoms with Crippen LogP contribution < -0.4 is 0 Å². The summed E-state index contributed by atoms with van der Waals surface area (Å²) >= 11 is 0. The molecule has 0 fully saturated rings. The van der Waals surface area contributed by atoms with Crippen LogP contribution in [-0.4, -0.2) is 44.9 Å². The summed E-state index contributed by atoms with van der Waals surface area (Å²) in [6.07, 6.45) is 25.7. The van der Waals surface area contributed by atoms with Gasteiger partial charge in [-0.2, -0.15) is 0 Å². The molecule has 0 aromatic rings. The van der Waals surface area contributed by atoms with E-state index in [0.29, 0.717) is 30.5 Å². The van der Waals surface area contributed by atoms with Gasteiger partial charge in [0.15, 0.2) is 0 Å². The van der Waals surface area contributed by atoms with Gasteiger partial charge in [0.2, 0.25) is 0 Å². The van der Waals surface area contributed by atoms with E-state index in [1.54, 1.807) is 0 Å². The molecule has 3 nitrogen and oxygen atoms in total. The standard InChI is InChI=1S/C43H79NO2/c1-14-19-27-41(23-16-3)46-34-43(11,28-21-26-37(8)25-20-24-36(7)22-15-2)33-44(12)32-40(18-5)39(10)31-42(45-13)30-38(9)29-35(6)17-4/h14,16,19,24,27,35,38-40,42H,3,8,15,17-18,20-23,25-26,28-34H2,1-2,4-7,9-13H3/b19-14?,36-24-,41-27+/t35?,38?,39?,40?,42-,43?/m1/s1. The molecule has 0 amide bonds. The van der Waals surface area contributed by atoms with Crippen molar-refractivity contribution in [3.05, 3.63) is 60.4 Å². The molecule has 0 aromatic heterocycles. The topological polar surface area (TPSA) is 21.7 Å². The van der Waals surface area contributed by atoms with E-state index in [-0.39, 0.29) is 5.41 Å². The van der Waals surface area contributed by atoms with Crippen molar-refractivity contribution in [1.29, 1.82) is 0 Å². The van der Waals surface area contributed by atoms with Crippen LogP contribution in [0.5, 0.6) is 0 Å². The van der Waals surface area contributed by atoms with Crippen LogP contribution in [0.25, 0.3) is 0 Å². The van der Waals surface area contributed by atoms with E-state index >= 15 is 0 Å². The zero-order chi connectivity index (χ0) is 35.0. The van der Waals surface area contributed by atoms with Crippen molar-refractivity contribution >= 4 is 0 Å². The summed E-state index contributed by atoms with van der Waals surface area (Å²) in [6, 6.07) is 0. The minimum atomic E-state index is 0.0465. The Kier molecular flexibility index (Phi) is 25.5. The summed E-state index contributed by atoms with van der Waals surface area (Å²) in [7, 11) is 4.23. The molecule has 0 aliphatic carbocycles. The number of rotatable bonds is 29. The average molecular weight is 642 g/mol. The fourth-order valence-electron chi connectivity index (χ4n) is 7.02. The maximum Gasteiger partial charge on any atom is 0.0997 e. The molecule has 0 radical (unpaired) electrons. The third-order valence-corrected chi connectivity index (χ3v) is 10.0. The lowest BCUT2D eigenvalue weighted by Crippen LogP contribution is -2.40. The van der Waals surface area contributed by atoms with Gasteiger partial charge < -0.3 is 14.4 Å². The Balaban J connectivity index is 5.46. The molecular formula is C43H79NO2. The Labute approximate surface area is 289 Å². The fourth-order valence-corrected chi connectivity index (χ4v) is 7.02. The lowest BCUT2D eigenvalue weighted by Gasteiger charge is -2.37. The number of hydrogen-bond donors (Lipinski definition) is 0. The van der Waals surface area contributed by atoms with Crippen molar-refractivity contribution in [3.63, 3.8) is 0 Å². The number of nitrogens with zero attached hydrogens (tertiary/aromatic N) is 1. The molecule has 268 valence electrons. The molecule has 0 heterocycles. The van der Waals surface area contributed by atoms with Crippen molar-refractivity contribution in [2.24, 2.45) is 29.1 Å². The van der Waals surface area contributed by atoms with Gasteiger partial charge in [-0.15, -0.1) is 6.58 Å². The van der Waals surface area contributed by atoms with Gasteiger partial charge >= 0.3 is 0 Å². The summed E-state index contributed by atoms with van der Waals surface area (Å²) in [5, 5.41) is 0. The molecule has 46 heavy (non-hydrogen) atoms. The fraction of sp³-hybridized carbons (Fsp3) is 0.767. The summed E-state index contributed by atoms with van der Waals surface area (Å²) in [5.74, 6) is 3.77. The predicted molar refractivity (Wildman–Crippen MR) is 206 cm³/mol. The van der Waals surface area contributed by atoms with E-state index in [1.165, 1.54) is 49.7 Å². The van der Waals surface area contributed by atoms with E-state index in [1.807, 2.05) is 20.1 Å². The number of allylic oxidation sites excluding steroid dienone is 7. The van der Waals surface area contributed by atoms with Crippen molar-refractivity contribution in [3.8, 4) is 0 Å². The Bertz CT molecular complexity index is 885. The third-order valence-electron chi connectivity index (χ3n) is 10.0. The maximum absolute atomic E-state index is 6.51. The maximum atomic E-state index is 6.51. The third kappa shape index (κ3) is 21.3. The van der Waals surface area contributed by atoms with Crippen LogP contribution in [0.4, 0.5) is 0 Å². The van der Waals surface area contributed by atoms with Crippen molar-refractivity contribution in [1.82, 2.24) is 4.90 Å². The summed E-state index contributed by atoms with van der Waals surface area (Å²) in [6.45, 7) is 32.1. The molecule has 0 N–H and O–H groups in total. The SMILES string of the molecule is C=CC/C(=C\C=CC)OCC(C)(CCCC(=C)CC/C=C(/C)CCC)CN(C)CC(CC)C(C)C[C@@H](CC(C)CC(C)CC)OC. The van der Waals surface area contributed by atoms with Gasteiger partial charge in [-0.05, 0) is 108 Å². The highest BCUT2D eigenvalue weighted by Crippen LogP contribution is 2.31. The van der Waals surface area contributed by atoms with Crippen LogP contribution in [0.15, 0.2) is 60.4 Å². The minimum absolute atomic E-state index is 0.0465. The van der Waals surface area contributed by atoms with Crippen LogP contribution >= 0.6 is 0 Å². The second-order valence-electron chi connectivity index (χ2n) is 15.2. The van der Waals surface area contributed by atoms with Gasteiger partial charge in [0.25, 0.3) is 0 Å². The van der Waals surface area contributed by atoms with Crippen LogP contribution in [0.3, 0.4) is 0 Å². The second kappa shape index (κ2) is 26.4. The second-order valence-corrected chi connectivity index (χ2v) is 15.2. The van der Waals surface area contributed by atoms with Crippen molar-refractivity contribution < 1.29 is 9.47 Å². The highest BCUT2D eigenvalue weighted by molar-refractivity contribution is 5.09. The van der Waals surface area contributed by atoms with Gasteiger partial charge in [0, 0.05) is 32.0 Å². The average Bonchev–Trinajstić information content (AvgIpc) is 3.00. The highest BCUT2D eigenvalue weighted by atomic mass is 16.5. The van der Waals surface area contributed by atoms with Gasteiger partial charge in [-0.1, -0.05) is 110 Å². The van der Waals surface area contributed by atoms with Crippen molar-refractivity contribution in [2.75, 3.05) is 33.9 Å². The van der Waals surface area contributed by atoms with E-state index in [2.05, 4.69) is 105 Å². The van der Waals surface area contributed by atoms with Gasteiger partial charge in [-0.25, -0.2) is 0 Å².